The molecule has 1 aromatic heterocycles. The molecule has 32 heavy (non-hydrogen) atoms. The number of nitrogens with zero attached hydrogens (tertiary/aromatic N) is 5. The summed E-state index contributed by atoms with van der Waals surface area (Å²) in [6.45, 7) is 1.50. The van der Waals surface area contributed by atoms with E-state index in [1.54, 1.807) is 30.3 Å². The van der Waals surface area contributed by atoms with Crippen LogP contribution >= 0.6 is 0 Å². The summed E-state index contributed by atoms with van der Waals surface area (Å²) in [5.41, 5.74) is 4.09. The van der Waals surface area contributed by atoms with E-state index in [2.05, 4.69) is 20.5 Å². The monoisotopic (exact) mass is 441 g/mol. The molecule has 0 aliphatic carbocycles. The molecule has 0 radical (unpaired) electrons. The number of nitro benzene ring substituents is 1. The zero-order valence-corrected chi connectivity index (χ0v) is 16.4. The molecule has 3 rings (SSSR count). The number of nitrogens with one attached hydrogen (secondary N) is 1. The van der Waals surface area contributed by atoms with Crippen molar-refractivity contribution in [2.45, 2.75) is 13.1 Å². The van der Waals surface area contributed by atoms with Crippen molar-refractivity contribution in [3.05, 3.63) is 75.3 Å². The molecular weight excluding hydrogens is 427 g/mol. The van der Waals surface area contributed by atoms with Crippen LogP contribution in [0.3, 0.4) is 0 Å². The molecule has 0 unspecified atom stereocenters. The van der Waals surface area contributed by atoms with Gasteiger partial charge in [-0.1, -0.05) is 18.2 Å². The highest BCUT2D eigenvalue weighted by Gasteiger charge is 2.35. The Labute approximate surface area is 179 Å². The number of para-hydroxylation sites is 1. The van der Waals surface area contributed by atoms with Gasteiger partial charge in [-0.3, -0.25) is 10.1 Å². The first-order valence-corrected chi connectivity index (χ1v) is 8.91. The number of aromatic nitrogens is 1. The van der Waals surface area contributed by atoms with Crippen molar-refractivity contribution in [1.29, 1.82) is 5.26 Å². The third kappa shape index (κ3) is 4.62. The number of nitriles is 1. The van der Waals surface area contributed by atoms with E-state index in [9.17, 15) is 28.5 Å². The number of rotatable bonds is 5. The molecule has 12 heteroatoms. The van der Waals surface area contributed by atoms with Crippen LogP contribution in [0.15, 0.2) is 58.8 Å². The highest BCUT2D eigenvalue weighted by molar-refractivity contribution is 5.75. The van der Waals surface area contributed by atoms with E-state index < -0.39 is 28.0 Å². The largest absolute Gasteiger partial charge is 0.418 e. The fourth-order valence-electron chi connectivity index (χ4n) is 2.78. The minimum absolute atomic E-state index is 0.0803. The SMILES string of the molecule is Cc1c(C#N)c(Nc2ccccc2)nc(N)c1/N=N/c1ccc([N+](=O)[O-])cc1C(F)(F)F. The van der Waals surface area contributed by atoms with Crippen LogP contribution in [-0.2, 0) is 6.18 Å². The van der Waals surface area contributed by atoms with Crippen molar-refractivity contribution in [2.24, 2.45) is 10.2 Å². The molecular formula is C20H14F3N7O2. The zero-order valence-electron chi connectivity index (χ0n) is 16.4. The van der Waals surface area contributed by atoms with Crippen LogP contribution in [0.5, 0.6) is 0 Å². The second-order valence-electron chi connectivity index (χ2n) is 6.45. The van der Waals surface area contributed by atoms with Crippen molar-refractivity contribution in [1.82, 2.24) is 4.98 Å². The number of non-ortho nitro benzene ring substituents is 1. The molecule has 9 nitrogen and oxygen atoms in total. The average molecular weight is 441 g/mol. The summed E-state index contributed by atoms with van der Waals surface area (Å²) in [6, 6.07) is 12.9. The van der Waals surface area contributed by atoms with Gasteiger partial charge in [0.15, 0.2) is 11.6 Å². The van der Waals surface area contributed by atoms with Crippen LogP contribution in [0.4, 0.5) is 47.6 Å². The van der Waals surface area contributed by atoms with Crippen LogP contribution in [0.2, 0.25) is 0 Å². The highest BCUT2D eigenvalue weighted by atomic mass is 19.4. The molecule has 1 heterocycles. The van der Waals surface area contributed by atoms with Gasteiger partial charge in [-0.25, -0.2) is 4.98 Å². The number of halogens is 3. The Hall–Kier alpha value is -4.53. The third-order valence-electron chi connectivity index (χ3n) is 4.34. The minimum atomic E-state index is -4.90. The molecule has 3 aromatic rings. The van der Waals surface area contributed by atoms with E-state index in [1.165, 1.54) is 6.92 Å². The number of nitro groups is 1. The highest BCUT2D eigenvalue weighted by Crippen LogP contribution is 2.40. The van der Waals surface area contributed by atoms with Gasteiger partial charge in [0, 0.05) is 23.4 Å². The lowest BCUT2D eigenvalue weighted by Crippen LogP contribution is -2.06. The van der Waals surface area contributed by atoms with Gasteiger partial charge >= 0.3 is 6.18 Å². The van der Waals surface area contributed by atoms with Crippen molar-refractivity contribution in [3.63, 3.8) is 0 Å². The fourth-order valence-corrected chi connectivity index (χ4v) is 2.78. The van der Waals surface area contributed by atoms with Crippen molar-refractivity contribution in [3.8, 4) is 6.07 Å². The maximum absolute atomic E-state index is 13.3. The summed E-state index contributed by atoms with van der Waals surface area (Å²) in [4.78, 5) is 14.0. The predicted molar refractivity (Wildman–Crippen MR) is 110 cm³/mol. The van der Waals surface area contributed by atoms with Gasteiger partial charge in [-0.15, -0.1) is 10.2 Å². The smallest absolute Gasteiger partial charge is 0.382 e. The first-order chi connectivity index (χ1) is 15.1. The van der Waals surface area contributed by atoms with Crippen molar-refractivity contribution < 1.29 is 18.1 Å². The molecule has 0 spiro atoms. The Balaban J connectivity index is 2.05. The van der Waals surface area contributed by atoms with Crippen molar-refractivity contribution in [2.75, 3.05) is 11.1 Å². The van der Waals surface area contributed by atoms with Gasteiger partial charge in [-0.05, 0) is 25.1 Å². The topological polar surface area (TPSA) is 143 Å². The van der Waals surface area contributed by atoms with E-state index in [-0.39, 0.29) is 28.5 Å². The maximum atomic E-state index is 13.3. The Bertz CT molecular complexity index is 1250. The van der Waals surface area contributed by atoms with Gasteiger partial charge in [0.2, 0.25) is 0 Å². The molecule has 0 atom stereocenters. The zero-order chi connectivity index (χ0) is 23.5. The number of benzene rings is 2. The van der Waals surface area contributed by atoms with Crippen LogP contribution in [0.1, 0.15) is 16.7 Å². The van der Waals surface area contributed by atoms with E-state index in [0.29, 0.717) is 11.8 Å². The molecule has 2 aromatic carbocycles. The number of azo groups is 1. The van der Waals surface area contributed by atoms with E-state index in [4.69, 9.17) is 5.73 Å². The lowest BCUT2D eigenvalue weighted by molar-refractivity contribution is -0.385. The average Bonchev–Trinajstić information content (AvgIpc) is 2.73. The molecule has 0 aliphatic rings. The number of nitrogens with two attached hydrogens (primary N) is 1. The van der Waals surface area contributed by atoms with Gasteiger partial charge in [0.25, 0.3) is 5.69 Å². The fraction of sp³-hybridized carbons (Fsp3) is 0.100. The molecule has 0 saturated heterocycles. The minimum Gasteiger partial charge on any atom is -0.382 e. The maximum Gasteiger partial charge on any atom is 0.418 e. The number of alkyl halides is 3. The summed E-state index contributed by atoms with van der Waals surface area (Å²) >= 11 is 0. The van der Waals surface area contributed by atoms with Gasteiger partial charge in [0.1, 0.15) is 11.8 Å². The summed E-state index contributed by atoms with van der Waals surface area (Å²) in [7, 11) is 0. The quantitative estimate of drug-likeness (QED) is 0.285. The normalized spacial score (nSPS) is 11.3. The van der Waals surface area contributed by atoms with Crippen LogP contribution < -0.4 is 11.1 Å². The van der Waals surface area contributed by atoms with E-state index >= 15 is 0 Å². The lowest BCUT2D eigenvalue weighted by Gasteiger charge is -2.13. The van der Waals surface area contributed by atoms with Crippen LogP contribution in [-0.4, -0.2) is 9.91 Å². The summed E-state index contributed by atoms with van der Waals surface area (Å²) in [6.07, 6.45) is -4.90. The van der Waals surface area contributed by atoms with Crippen LogP contribution in [0, 0.1) is 28.4 Å². The first kappa shape index (κ1) is 22.2. The van der Waals surface area contributed by atoms with Crippen LogP contribution in [0.25, 0.3) is 0 Å². The molecule has 0 amide bonds. The Kier molecular flexibility index (Phi) is 6.01. The third-order valence-corrected chi connectivity index (χ3v) is 4.34. The molecule has 0 aliphatic heterocycles. The molecule has 0 bridgehead atoms. The van der Waals surface area contributed by atoms with Gasteiger partial charge < -0.3 is 11.1 Å². The Morgan fingerprint density at radius 2 is 1.88 bits per heavy atom. The molecule has 3 N–H and O–H groups in total. The number of nitrogen functional groups attached to an aromatic ring is 1. The Morgan fingerprint density at radius 3 is 2.47 bits per heavy atom. The summed E-state index contributed by atoms with van der Waals surface area (Å²) in [5.74, 6) is -0.0156. The second-order valence-corrected chi connectivity index (χ2v) is 6.45. The Morgan fingerprint density at radius 1 is 1.19 bits per heavy atom. The van der Waals surface area contributed by atoms with E-state index in [0.717, 1.165) is 12.1 Å². The van der Waals surface area contributed by atoms with Crippen molar-refractivity contribution >= 4 is 34.4 Å². The standard InChI is InChI=1S/C20H14F3N7O2/c1-11-14(10-24)19(26-12-5-3-2-4-6-12)27-18(25)17(11)29-28-16-8-7-13(30(31)32)9-15(16)20(21,22)23/h2-9H,1H3,(H3,25,26,27)/b29-28+. The number of anilines is 3. The molecule has 162 valence electrons. The lowest BCUT2D eigenvalue weighted by atomic mass is 10.1. The predicted octanol–water partition coefficient (Wildman–Crippen LogP) is 5.93. The van der Waals surface area contributed by atoms with Gasteiger partial charge in [-0.2, -0.15) is 18.4 Å². The summed E-state index contributed by atoms with van der Waals surface area (Å²) in [5, 5.41) is 30.7. The molecule has 0 fully saturated rings. The van der Waals surface area contributed by atoms with E-state index in [1.807, 2.05) is 6.07 Å². The number of hydrogen-bond acceptors (Lipinski definition) is 8. The second kappa shape index (κ2) is 8.68. The first-order valence-electron chi connectivity index (χ1n) is 8.91. The summed E-state index contributed by atoms with van der Waals surface area (Å²) < 4.78 is 40.0. The van der Waals surface area contributed by atoms with Gasteiger partial charge in [0.05, 0.1) is 21.7 Å². The number of pyridine rings is 1. The number of hydrogen-bond donors (Lipinski definition) is 2. The molecule has 0 saturated carbocycles.